The number of allylic oxidation sites excluding steroid dienone is 2. The fraction of sp³-hybridized carbons (Fsp3) is 0.920. The van der Waals surface area contributed by atoms with Crippen LogP contribution in [0.15, 0.2) is 12.2 Å². The van der Waals surface area contributed by atoms with Crippen LogP contribution in [0.1, 0.15) is 103 Å². The molecule has 5 heteroatoms. The smallest absolute Gasteiger partial charge is 0.114 e. The molecule has 0 bridgehead atoms. The molecule has 0 spiro atoms. The van der Waals surface area contributed by atoms with Gasteiger partial charge in [-0.15, -0.1) is 0 Å². The first-order chi connectivity index (χ1) is 14.7. The Bertz CT molecular complexity index is 399. The van der Waals surface area contributed by atoms with E-state index in [1.165, 1.54) is 83.5 Å². The molecule has 0 aromatic heterocycles. The predicted octanol–water partition coefficient (Wildman–Crippen LogP) is 4.91. The second kappa shape index (κ2) is 19.2. The lowest BCUT2D eigenvalue weighted by Crippen LogP contribution is -2.55. The van der Waals surface area contributed by atoms with Crippen molar-refractivity contribution < 1.29 is 24.8 Å². The summed E-state index contributed by atoms with van der Waals surface area (Å²) in [6.45, 7) is 2.62. The van der Waals surface area contributed by atoms with Crippen molar-refractivity contribution in [3.63, 3.8) is 0 Å². The van der Waals surface area contributed by atoms with E-state index in [1.54, 1.807) is 0 Å². The lowest BCUT2D eigenvalue weighted by molar-refractivity contribution is -0.211. The highest BCUT2D eigenvalue weighted by molar-refractivity contribution is 4.87. The highest BCUT2D eigenvalue weighted by atomic mass is 16.6. The Kier molecular flexibility index (Phi) is 17.7. The third kappa shape index (κ3) is 13.1. The number of hydrogen-bond acceptors (Lipinski definition) is 5. The lowest BCUT2D eigenvalue weighted by Gasteiger charge is -2.37. The van der Waals surface area contributed by atoms with Crippen LogP contribution in [0.25, 0.3) is 0 Å². The molecule has 1 heterocycles. The van der Waals surface area contributed by atoms with E-state index in [-0.39, 0.29) is 13.2 Å². The predicted molar refractivity (Wildman–Crippen MR) is 123 cm³/mol. The molecule has 0 aliphatic carbocycles. The first-order valence-electron chi connectivity index (χ1n) is 12.6. The second-order valence-electron chi connectivity index (χ2n) is 8.74. The van der Waals surface area contributed by atoms with Crippen LogP contribution in [0.5, 0.6) is 0 Å². The van der Waals surface area contributed by atoms with Gasteiger partial charge in [0.25, 0.3) is 0 Å². The van der Waals surface area contributed by atoms with E-state index in [0.717, 1.165) is 12.8 Å². The van der Waals surface area contributed by atoms with Gasteiger partial charge in [-0.05, 0) is 32.1 Å². The third-order valence-electron chi connectivity index (χ3n) is 5.97. The van der Waals surface area contributed by atoms with Gasteiger partial charge in [0.05, 0.1) is 13.2 Å². The van der Waals surface area contributed by atoms with Crippen molar-refractivity contribution in [3.05, 3.63) is 12.2 Å². The average molecular weight is 429 g/mol. The maximum absolute atomic E-state index is 10.0. The fourth-order valence-corrected chi connectivity index (χ4v) is 3.96. The van der Waals surface area contributed by atoms with E-state index < -0.39 is 24.4 Å². The molecule has 0 aromatic rings. The zero-order chi connectivity index (χ0) is 21.9. The Labute approximate surface area is 184 Å². The summed E-state index contributed by atoms with van der Waals surface area (Å²) in [6, 6.07) is 0. The van der Waals surface area contributed by atoms with Crippen LogP contribution in [-0.4, -0.2) is 59.6 Å². The average Bonchev–Trinajstić information content (AvgIpc) is 2.75. The van der Waals surface area contributed by atoms with Crippen molar-refractivity contribution >= 4 is 0 Å². The van der Waals surface area contributed by atoms with E-state index in [2.05, 4.69) is 19.1 Å². The Morgan fingerprint density at radius 2 is 1.33 bits per heavy atom. The van der Waals surface area contributed by atoms with Crippen LogP contribution in [0.2, 0.25) is 0 Å². The van der Waals surface area contributed by atoms with Gasteiger partial charge < -0.3 is 24.8 Å². The molecule has 0 unspecified atom stereocenters. The minimum Gasteiger partial charge on any atom is -0.394 e. The zero-order valence-electron chi connectivity index (χ0n) is 19.4. The van der Waals surface area contributed by atoms with Crippen LogP contribution >= 0.6 is 0 Å². The number of ether oxygens (including phenoxy) is 2. The molecular formula is C25H48O5. The molecule has 3 N–H and O–H groups in total. The van der Waals surface area contributed by atoms with Gasteiger partial charge in [0, 0.05) is 6.61 Å². The molecule has 0 radical (unpaired) electrons. The SMILES string of the molecule is CCCCC/C=C/CCCCCCCCCCCCO[C@H]1[C@H](O)[C@@H](O)CO[C@@H]1CO. The van der Waals surface area contributed by atoms with E-state index >= 15 is 0 Å². The van der Waals surface area contributed by atoms with Gasteiger partial charge in [-0.3, -0.25) is 0 Å². The Morgan fingerprint density at radius 1 is 0.800 bits per heavy atom. The quantitative estimate of drug-likeness (QED) is 0.201. The number of aliphatic hydroxyl groups is 3. The summed E-state index contributed by atoms with van der Waals surface area (Å²) < 4.78 is 11.0. The number of aliphatic hydroxyl groups excluding tert-OH is 3. The highest BCUT2D eigenvalue weighted by Gasteiger charge is 2.39. The minimum atomic E-state index is -0.988. The molecule has 1 fully saturated rings. The summed E-state index contributed by atoms with van der Waals surface area (Å²) in [7, 11) is 0. The van der Waals surface area contributed by atoms with Crippen LogP contribution in [0, 0.1) is 0 Å². The monoisotopic (exact) mass is 428 g/mol. The van der Waals surface area contributed by atoms with Gasteiger partial charge in [0.1, 0.15) is 24.4 Å². The fourth-order valence-electron chi connectivity index (χ4n) is 3.96. The topological polar surface area (TPSA) is 79.2 Å². The van der Waals surface area contributed by atoms with Gasteiger partial charge >= 0.3 is 0 Å². The normalized spacial score (nSPS) is 24.7. The molecule has 0 amide bonds. The molecule has 1 aliphatic rings. The molecule has 30 heavy (non-hydrogen) atoms. The Hall–Kier alpha value is -0.460. The molecule has 1 saturated heterocycles. The van der Waals surface area contributed by atoms with Crippen LogP contribution in [0.4, 0.5) is 0 Å². The maximum atomic E-state index is 10.0. The minimum absolute atomic E-state index is 0.0441. The van der Waals surface area contributed by atoms with E-state index in [1.807, 2.05) is 0 Å². The first-order valence-corrected chi connectivity index (χ1v) is 12.6. The van der Waals surface area contributed by atoms with E-state index in [0.29, 0.717) is 6.61 Å². The number of unbranched alkanes of at least 4 members (excludes halogenated alkanes) is 13. The summed E-state index contributed by atoms with van der Waals surface area (Å²) in [6.07, 6.45) is 20.7. The number of hydrogen-bond donors (Lipinski definition) is 3. The van der Waals surface area contributed by atoms with Gasteiger partial charge in [0.15, 0.2) is 0 Å². The third-order valence-corrected chi connectivity index (χ3v) is 5.97. The van der Waals surface area contributed by atoms with Crippen molar-refractivity contribution in [2.24, 2.45) is 0 Å². The molecule has 1 aliphatic heterocycles. The Balaban J connectivity index is 1.84. The van der Waals surface area contributed by atoms with Crippen molar-refractivity contribution in [1.82, 2.24) is 0 Å². The second-order valence-corrected chi connectivity index (χ2v) is 8.74. The van der Waals surface area contributed by atoms with Crippen LogP contribution in [-0.2, 0) is 9.47 Å². The van der Waals surface area contributed by atoms with E-state index in [4.69, 9.17) is 9.47 Å². The van der Waals surface area contributed by atoms with Gasteiger partial charge in [-0.25, -0.2) is 0 Å². The molecule has 4 atom stereocenters. The van der Waals surface area contributed by atoms with Crippen molar-refractivity contribution in [1.29, 1.82) is 0 Å². The largest absolute Gasteiger partial charge is 0.394 e. The summed E-state index contributed by atoms with van der Waals surface area (Å²) in [5, 5.41) is 29.0. The summed E-state index contributed by atoms with van der Waals surface area (Å²) >= 11 is 0. The zero-order valence-corrected chi connectivity index (χ0v) is 19.4. The molecule has 1 rings (SSSR count). The van der Waals surface area contributed by atoms with Gasteiger partial charge in [-0.2, -0.15) is 0 Å². The molecule has 178 valence electrons. The summed E-state index contributed by atoms with van der Waals surface area (Å²) in [5.74, 6) is 0. The van der Waals surface area contributed by atoms with Crippen molar-refractivity contribution in [2.75, 3.05) is 19.8 Å². The summed E-state index contributed by atoms with van der Waals surface area (Å²) in [4.78, 5) is 0. The van der Waals surface area contributed by atoms with Gasteiger partial charge in [0.2, 0.25) is 0 Å². The van der Waals surface area contributed by atoms with Crippen molar-refractivity contribution in [3.8, 4) is 0 Å². The number of rotatable bonds is 19. The van der Waals surface area contributed by atoms with Crippen LogP contribution < -0.4 is 0 Å². The van der Waals surface area contributed by atoms with E-state index in [9.17, 15) is 15.3 Å². The maximum Gasteiger partial charge on any atom is 0.114 e. The molecular weight excluding hydrogens is 380 g/mol. The first kappa shape index (κ1) is 27.6. The van der Waals surface area contributed by atoms with Gasteiger partial charge in [-0.1, -0.05) is 83.3 Å². The van der Waals surface area contributed by atoms with Crippen molar-refractivity contribution in [2.45, 2.75) is 128 Å². The lowest BCUT2D eigenvalue weighted by atomic mass is 10.0. The molecule has 0 aromatic carbocycles. The summed E-state index contributed by atoms with van der Waals surface area (Å²) in [5.41, 5.74) is 0. The molecule has 5 nitrogen and oxygen atoms in total. The Morgan fingerprint density at radius 3 is 1.90 bits per heavy atom. The highest BCUT2D eigenvalue weighted by Crippen LogP contribution is 2.19. The standard InChI is InChI=1S/C25H48O5/c1-2-3-4-5-6-7-8-9-10-11-12-13-14-15-16-17-18-19-29-25-23(20-26)30-21-22(27)24(25)28/h6-7,22-28H,2-5,8-21H2,1H3/b7-6+/t22-,23+,24+,25+/m0/s1. The molecule has 0 saturated carbocycles. The van der Waals surface area contributed by atoms with Crippen LogP contribution in [0.3, 0.4) is 0 Å².